The Balaban J connectivity index is 1.92. The summed E-state index contributed by atoms with van der Waals surface area (Å²) in [6, 6.07) is 9.28. The van der Waals surface area contributed by atoms with Gasteiger partial charge >= 0.3 is 0 Å². The lowest BCUT2D eigenvalue weighted by Crippen LogP contribution is -2.38. The fourth-order valence-electron chi connectivity index (χ4n) is 4.19. The molecule has 1 aliphatic rings. The predicted octanol–water partition coefficient (Wildman–Crippen LogP) is 4.35. The average Bonchev–Trinajstić information content (AvgIpc) is 2.85. The van der Waals surface area contributed by atoms with Crippen LogP contribution >= 0.6 is 0 Å². The number of hydrogen-bond donors (Lipinski definition) is 0. The summed E-state index contributed by atoms with van der Waals surface area (Å²) in [5, 5.41) is 9.12. The molecule has 2 aromatic heterocycles. The number of aromatic nitrogens is 3. The Morgan fingerprint density at radius 3 is 2.50 bits per heavy atom. The number of hydrogen-bond acceptors (Lipinski definition) is 6. The van der Waals surface area contributed by atoms with Gasteiger partial charge in [-0.15, -0.1) is 0 Å². The summed E-state index contributed by atoms with van der Waals surface area (Å²) in [5.41, 5.74) is 1.41. The summed E-state index contributed by atoms with van der Waals surface area (Å²) in [5.74, 6) is 0.353. The van der Waals surface area contributed by atoms with Crippen LogP contribution in [0.25, 0.3) is 22.4 Å². The summed E-state index contributed by atoms with van der Waals surface area (Å²) in [6.45, 7) is 5.52. The molecule has 1 aliphatic heterocycles. The first-order chi connectivity index (χ1) is 16.3. The fraction of sp³-hybridized carbons (Fsp3) is 0.346. The Labute approximate surface area is 197 Å². The van der Waals surface area contributed by atoms with Crippen LogP contribution in [0.15, 0.2) is 41.3 Å². The highest BCUT2D eigenvalue weighted by Crippen LogP contribution is 2.31. The van der Waals surface area contributed by atoms with Gasteiger partial charge in [0.05, 0.1) is 16.8 Å². The van der Waals surface area contributed by atoms with Crippen molar-refractivity contribution in [2.75, 3.05) is 18.0 Å². The van der Waals surface area contributed by atoms with E-state index >= 15 is 0 Å². The Bertz CT molecular complexity index is 1330. The number of Topliss-reactive ketones (excluding diaryl/α,β-unsaturated/α-hetero) is 1. The van der Waals surface area contributed by atoms with Crippen molar-refractivity contribution >= 4 is 11.7 Å². The van der Waals surface area contributed by atoms with Crippen LogP contribution in [-0.2, 0) is 7.05 Å². The Kier molecular flexibility index (Phi) is 6.55. The van der Waals surface area contributed by atoms with Gasteiger partial charge in [0.15, 0.2) is 5.78 Å². The molecule has 1 aromatic carbocycles. The highest BCUT2D eigenvalue weighted by Gasteiger charge is 2.24. The molecule has 0 amide bonds. The number of anilines is 1. The van der Waals surface area contributed by atoms with Crippen LogP contribution in [0.4, 0.5) is 10.3 Å². The summed E-state index contributed by atoms with van der Waals surface area (Å²) in [6.07, 6.45) is 3.80. The number of rotatable bonds is 5. The summed E-state index contributed by atoms with van der Waals surface area (Å²) < 4.78 is 16.0. The number of carbonyl (C=O) groups excluding carboxylic acids is 1. The van der Waals surface area contributed by atoms with E-state index in [0.29, 0.717) is 40.8 Å². The van der Waals surface area contributed by atoms with Crippen molar-refractivity contribution in [1.29, 1.82) is 5.26 Å². The zero-order valence-corrected chi connectivity index (χ0v) is 19.5. The van der Waals surface area contributed by atoms with E-state index in [9.17, 15) is 14.0 Å². The molecule has 1 saturated heterocycles. The van der Waals surface area contributed by atoms with Gasteiger partial charge in [0.2, 0.25) is 5.95 Å². The van der Waals surface area contributed by atoms with Crippen molar-refractivity contribution in [1.82, 2.24) is 14.5 Å². The number of carbonyl (C=O) groups is 1. The van der Waals surface area contributed by atoms with Gasteiger partial charge in [0.1, 0.15) is 17.6 Å². The molecule has 0 atom stereocenters. The van der Waals surface area contributed by atoms with Gasteiger partial charge in [-0.3, -0.25) is 19.1 Å². The van der Waals surface area contributed by atoms with Gasteiger partial charge in [0, 0.05) is 43.9 Å². The molecule has 0 unspecified atom stereocenters. The zero-order valence-electron chi connectivity index (χ0n) is 19.5. The predicted molar refractivity (Wildman–Crippen MR) is 128 cm³/mol. The number of pyridine rings is 1. The molecule has 4 rings (SSSR count). The molecule has 0 radical (unpaired) electrons. The first-order valence-corrected chi connectivity index (χ1v) is 11.4. The lowest BCUT2D eigenvalue weighted by atomic mass is 9.99. The van der Waals surface area contributed by atoms with Crippen LogP contribution in [0, 0.1) is 23.1 Å². The van der Waals surface area contributed by atoms with E-state index in [2.05, 4.69) is 16.8 Å². The number of piperidine rings is 1. The van der Waals surface area contributed by atoms with Crippen LogP contribution in [0.1, 0.15) is 49.2 Å². The number of benzene rings is 1. The van der Waals surface area contributed by atoms with E-state index < -0.39 is 5.82 Å². The first kappa shape index (κ1) is 23.3. The number of ketones is 1. The van der Waals surface area contributed by atoms with E-state index in [0.717, 1.165) is 25.9 Å². The molecule has 0 bridgehead atoms. The summed E-state index contributed by atoms with van der Waals surface area (Å²) >= 11 is 0. The monoisotopic (exact) mass is 459 g/mol. The Hall–Kier alpha value is -3.86. The van der Waals surface area contributed by atoms with Crippen molar-refractivity contribution in [3.8, 4) is 28.5 Å². The van der Waals surface area contributed by atoms with Crippen LogP contribution in [-0.4, -0.2) is 33.4 Å². The maximum atomic E-state index is 14.5. The second kappa shape index (κ2) is 9.56. The minimum absolute atomic E-state index is 0.0801. The largest absolute Gasteiger partial charge is 0.342 e. The van der Waals surface area contributed by atoms with Gasteiger partial charge in [-0.1, -0.05) is 26.0 Å². The maximum absolute atomic E-state index is 14.5. The van der Waals surface area contributed by atoms with Crippen LogP contribution in [0.3, 0.4) is 0 Å². The number of nitrogens with zero attached hydrogens (tertiary/aromatic N) is 5. The third-order valence-electron chi connectivity index (χ3n) is 6.36. The lowest BCUT2D eigenvalue weighted by molar-refractivity contribution is 0.0983. The van der Waals surface area contributed by atoms with Crippen LogP contribution in [0.2, 0.25) is 0 Å². The van der Waals surface area contributed by atoms with Crippen molar-refractivity contribution in [2.24, 2.45) is 13.0 Å². The Morgan fingerprint density at radius 1 is 1.21 bits per heavy atom. The third-order valence-corrected chi connectivity index (χ3v) is 6.36. The molecule has 7 nitrogen and oxygen atoms in total. The minimum atomic E-state index is -0.677. The topological polar surface area (TPSA) is 91.9 Å². The van der Waals surface area contributed by atoms with Gasteiger partial charge in [0.25, 0.3) is 5.56 Å². The van der Waals surface area contributed by atoms with Gasteiger partial charge < -0.3 is 4.90 Å². The van der Waals surface area contributed by atoms with Crippen LogP contribution < -0.4 is 10.5 Å². The van der Waals surface area contributed by atoms with Crippen molar-refractivity contribution in [2.45, 2.75) is 33.1 Å². The highest BCUT2D eigenvalue weighted by molar-refractivity contribution is 5.94. The Morgan fingerprint density at radius 2 is 1.91 bits per heavy atom. The smallest absolute Gasteiger partial charge is 0.263 e. The van der Waals surface area contributed by atoms with Gasteiger partial charge in [-0.25, -0.2) is 9.37 Å². The number of nitriles is 1. The van der Waals surface area contributed by atoms with Crippen molar-refractivity contribution in [3.63, 3.8) is 0 Å². The molecule has 8 heteroatoms. The molecule has 0 spiro atoms. The molecule has 1 fully saturated rings. The highest BCUT2D eigenvalue weighted by atomic mass is 19.1. The second-order valence-corrected chi connectivity index (χ2v) is 8.68. The van der Waals surface area contributed by atoms with Crippen molar-refractivity contribution in [3.05, 3.63) is 64.0 Å². The molecular weight excluding hydrogens is 433 g/mol. The molecule has 174 valence electrons. The zero-order chi connectivity index (χ0) is 24.4. The maximum Gasteiger partial charge on any atom is 0.263 e. The van der Waals surface area contributed by atoms with E-state index in [1.807, 2.05) is 6.07 Å². The molecule has 0 aliphatic carbocycles. The van der Waals surface area contributed by atoms with Crippen LogP contribution in [0.5, 0.6) is 0 Å². The van der Waals surface area contributed by atoms with E-state index in [-0.39, 0.29) is 22.5 Å². The molecular formula is C26H26FN5O2. The third kappa shape index (κ3) is 4.34. The summed E-state index contributed by atoms with van der Waals surface area (Å²) in [4.78, 5) is 36.8. The molecule has 3 aromatic rings. The van der Waals surface area contributed by atoms with Gasteiger partial charge in [-0.2, -0.15) is 5.26 Å². The quantitative estimate of drug-likeness (QED) is 0.527. The summed E-state index contributed by atoms with van der Waals surface area (Å²) in [7, 11) is 1.68. The molecule has 0 saturated carbocycles. The number of halogens is 1. The minimum Gasteiger partial charge on any atom is -0.342 e. The molecule has 0 N–H and O–H groups in total. The average molecular weight is 460 g/mol. The standard InChI is InChI=1S/C26H26FN5O2/c1-4-22(33)21-8-7-19(15-29-21)23-24(17-5-6-18(14-28)20(27)13-17)30-26(31(3)25(23)34)32-11-9-16(2)10-12-32/h5-8,13,15-16H,4,9-12H2,1-3H3. The molecule has 34 heavy (non-hydrogen) atoms. The van der Waals surface area contributed by atoms with Gasteiger partial charge in [-0.05, 0) is 37.0 Å². The first-order valence-electron chi connectivity index (χ1n) is 11.4. The molecule has 3 heterocycles. The fourth-order valence-corrected chi connectivity index (χ4v) is 4.19. The van der Waals surface area contributed by atoms with E-state index in [1.165, 1.54) is 22.9 Å². The van der Waals surface area contributed by atoms with E-state index in [1.54, 1.807) is 32.2 Å². The van der Waals surface area contributed by atoms with Crippen molar-refractivity contribution < 1.29 is 9.18 Å². The second-order valence-electron chi connectivity index (χ2n) is 8.68. The normalized spacial score (nSPS) is 14.1. The SMILES string of the molecule is CCC(=O)c1ccc(-c2c(-c3ccc(C#N)c(F)c3)nc(N3CCC(C)CC3)n(C)c2=O)cn1. The van der Waals surface area contributed by atoms with E-state index in [4.69, 9.17) is 10.2 Å². The lowest BCUT2D eigenvalue weighted by Gasteiger charge is -2.32.